The minimum Gasteiger partial charge on any atom is -0.427 e. The largest absolute Gasteiger partial charge is 0.427 e. The van der Waals surface area contributed by atoms with E-state index in [2.05, 4.69) is 0 Å². The molecule has 0 unspecified atom stereocenters. The number of carbonyl (C=O) groups excluding carboxylic acids is 2. The average Bonchev–Trinajstić information content (AvgIpc) is 2.52. The average molecular weight is 320 g/mol. The Labute approximate surface area is 131 Å². The zero-order valence-corrected chi connectivity index (χ0v) is 12.1. The zero-order chi connectivity index (χ0) is 16.7. The Morgan fingerprint density at radius 3 is 1.39 bits per heavy atom. The van der Waals surface area contributed by atoms with Crippen molar-refractivity contribution in [3.8, 4) is 11.5 Å². The van der Waals surface area contributed by atoms with E-state index in [4.69, 9.17) is 9.47 Å². The van der Waals surface area contributed by atoms with E-state index in [1.807, 2.05) is 0 Å². The third-order valence-corrected chi connectivity index (χ3v) is 2.85. The van der Waals surface area contributed by atoms with Crippen LogP contribution in [0.1, 0.15) is 19.3 Å². The molecule has 0 saturated heterocycles. The Balaban J connectivity index is 1.69. The summed E-state index contributed by atoms with van der Waals surface area (Å²) in [7, 11) is 0. The summed E-state index contributed by atoms with van der Waals surface area (Å²) in [5, 5.41) is 0. The molecule has 0 saturated carbocycles. The monoisotopic (exact) mass is 320 g/mol. The molecule has 0 amide bonds. The van der Waals surface area contributed by atoms with Crippen molar-refractivity contribution in [3.05, 3.63) is 60.2 Å². The van der Waals surface area contributed by atoms with Crippen LogP contribution in [0.2, 0.25) is 0 Å². The number of halogens is 2. The molecule has 120 valence electrons. The van der Waals surface area contributed by atoms with E-state index in [1.54, 1.807) is 0 Å². The molecule has 0 radical (unpaired) electrons. The molecular weight excluding hydrogens is 306 g/mol. The van der Waals surface area contributed by atoms with Gasteiger partial charge in [-0.2, -0.15) is 0 Å². The molecule has 2 rings (SSSR count). The molecule has 23 heavy (non-hydrogen) atoms. The first-order valence-electron chi connectivity index (χ1n) is 6.95. The number of benzene rings is 2. The summed E-state index contributed by atoms with van der Waals surface area (Å²) in [6.07, 6.45) is 0.297. The Kier molecular flexibility index (Phi) is 5.80. The summed E-state index contributed by atoms with van der Waals surface area (Å²) in [6, 6.07) is 10.1. The van der Waals surface area contributed by atoms with Crippen molar-refractivity contribution in [1.29, 1.82) is 0 Å². The SMILES string of the molecule is O=C(CCCC(=O)Oc1ccc(F)cc1)Oc1ccc(F)cc1. The number of esters is 2. The Hall–Kier alpha value is -2.76. The number of hydrogen-bond acceptors (Lipinski definition) is 4. The quantitative estimate of drug-likeness (QED) is 0.602. The van der Waals surface area contributed by atoms with Crippen molar-refractivity contribution < 1.29 is 27.8 Å². The van der Waals surface area contributed by atoms with Gasteiger partial charge in [-0.05, 0) is 55.0 Å². The smallest absolute Gasteiger partial charge is 0.311 e. The summed E-state index contributed by atoms with van der Waals surface area (Å²) in [6.45, 7) is 0. The van der Waals surface area contributed by atoms with Crippen molar-refractivity contribution >= 4 is 11.9 Å². The van der Waals surface area contributed by atoms with Gasteiger partial charge in [-0.1, -0.05) is 0 Å². The van der Waals surface area contributed by atoms with Crippen LogP contribution >= 0.6 is 0 Å². The Morgan fingerprint density at radius 2 is 1.04 bits per heavy atom. The van der Waals surface area contributed by atoms with Crippen LogP contribution in [0.15, 0.2) is 48.5 Å². The van der Waals surface area contributed by atoms with Gasteiger partial charge in [0, 0.05) is 12.8 Å². The van der Waals surface area contributed by atoms with Crippen molar-refractivity contribution in [1.82, 2.24) is 0 Å². The van der Waals surface area contributed by atoms with Gasteiger partial charge in [0.2, 0.25) is 0 Å². The fourth-order valence-electron chi connectivity index (χ4n) is 1.75. The fourth-order valence-corrected chi connectivity index (χ4v) is 1.75. The maximum atomic E-state index is 12.7. The molecule has 0 aliphatic rings. The summed E-state index contributed by atoms with van der Waals surface area (Å²) < 4.78 is 35.4. The van der Waals surface area contributed by atoms with E-state index in [-0.39, 0.29) is 30.8 Å². The van der Waals surface area contributed by atoms with Gasteiger partial charge in [-0.25, -0.2) is 8.78 Å². The standard InChI is InChI=1S/C17H14F2O4/c18-12-4-8-14(9-5-12)22-16(20)2-1-3-17(21)23-15-10-6-13(19)7-11-15/h4-11H,1-3H2. The van der Waals surface area contributed by atoms with E-state index < -0.39 is 23.6 Å². The Morgan fingerprint density at radius 1 is 0.696 bits per heavy atom. The zero-order valence-electron chi connectivity index (χ0n) is 12.1. The van der Waals surface area contributed by atoms with Crippen LogP contribution in [0.25, 0.3) is 0 Å². The highest BCUT2D eigenvalue weighted by Crippen LogP contribution is 2.14. The van der Waals surface area contributed by atoms with Crippen LogP contribution < -0.4 is 9.47 Å². The number of rotatable bonds is 6. The van der Waals surface area contributed by atoms with Crippen LogP contribution in [0.4, 0.5) is 8.78 Å². The predicted molar refractivity (Wildman–Crippen MR) is 77.9 cm³/mol. The van der Waals surface area contributed by atoms with Gasteiger partial charge in [0.15, 0.2) is 0 Å². The van der Waals surface area contributed by atoms with E-state index in [0.717, 1.165) is 0 Å². The highest BCUT2D eigenvalue weighted by molar-refractivity contribution is 5.75. The molecule has 0 aliphatic heterocycles. The molecular formula is C17H14F2O4. The molecule has 2 aromatic rings. The molecule has 6 heteroatoms. The minimum absolute atomic E-state index is 0.0237. The number of ether oxygens (including phenoxy) is 2. The molecule has 0 aliphatic carbocycles. The molecule has 0 fully saturated rings. The maximum Gasteiger partial charge on any atom is 0.311 e. The van der Waals surface area contributed by atoms with Gasteiger partial charge in [-0.15, -0.1) is 0 Å². The second kappa shape index (κ2) is 8.03. The van der Waals surface area contributed by atoms with E-state index in [0.29, 0.717) is 0 Å². The van der Waals surface area contributed by atoms with Crippen LogP contribution in [0.5, 0.6) is 11.5 Å². The molecule has 0 spiro atoms. The molecule has 0 bridgehead atoms. The Bertz CT molecular complexity index is 606. The fraction of sp³-hybridized carbons (Fsp3) is 0.176. The number of carbonyl (C=O) groups is 2. The third kappa shape index (κ3) is 5.86. The first kappa shape index (κ1) is 16.6. The normalized spacial score (nSPS) is 10.2. The highest BCUT2D eigenvalue weighted by Gasteiger charge is 2.09. The summed E-state index contributed by atoms with van der Waals surface area (Å²) in [5.74, 6) is -1.41. The molecule has 0 N–H and O–H groups in total. The highest BCUT2D eigenvalue weighted by atomic mass is 19.1. The van der Waals surface area contributed by atoms with Gasteiger partial charge in [0.25, 0.3) is 0 Å². The predicted octanol–water partition coefficient (Wildman–Crippen LogP) is 3.65. The van der Waals surface area contributed by atoms with E-state index in [1.165, 1.54) is 48.5 Å². The summed E-state index contributed by atoms with van der Waals surface area (Å²) >= 11 is 0. The van der Waals surface area contributed by atoms with Crippen LogP contribution in [0.3, 0.4) is 0 Å². The van der Waals surface area contributed by atoms with Crippen molar-refractivity contribution in [2.75, 3.05) is 0 Å². The molecule has 0 heterocycles. The topological polar surface area (TPSA) is 52.6 Å². The van der Waals surface area contributed by atoms with Gasteiger partial charge >= 0.3 is 11.9 Å². The second-order valence-corrected chi connectivity index (χ2v) is 4.71. The first-order valence-corrected chi connectivity index (χ1v) is 6.95. The van der Waals surface area contributed by atoms with Gasteiger partial charge in [0.1, 0.15) is 23.1 Å². The molecule has 0 atom stereocenters. The van der Waals surface area contributed by atoms with Gasteiger partial charge < -0.3 is 9.47 Å². The first-order chi connectivity index (χ1) is 11.0. The lowest BCUT2D eigenvalue weighted by Gasteiger charge is -2.05. The summed E-state index contributed by atoms with van der Waals surface area (Å²) in [4.78, 5) is 23.1. The van der Waals surface area contributed by atoms with Crippen molar-refractivity contribution in [2.45, 2.75) is 19.3 Å². The molecule has 2 aromatic carbocycles. The summed E-state index contributed by atoms with van der Waals surface area (Å²) in [5.41, 5.74) is 0. The van der Waals surface area contributed by atoms with E-state index >= 15 is 0 Å². The van der Waals surface area contributed by atoms with Gasteiger partial charge in [0.05, 0.1) is 0 Å². The van der Waals surface area contributed by atoms with Gasteiger partial charge in [-0.3, -0.25) is 9.59 Å². The lowest BCUT2D eigenvalue weighted by atomic mass is 10.2. The second-order valence-electron chi connectivity index (χ2n) is 4.71. The van der Waals surface area contributed by atoms with Crippen molar-refractivity contribution in [3.63, 3.8) is 0 Å². The minimum atomic E-state index is -0.522. The molecule has 4 nitrogen and oxygen atoms in total. The lowest BCUT2D eigenvalue weighted by Crippen LogP contribution is -2.11. The third-order valence-electron chi connectivity index (χ3n) is 2.85. The lowest BCUT2D eigenvalue weighted by molar-refractivity contribution is -0.136. The van der Waals surface area contributed by atoms with Crippen LogP contribution in [0, 0.1) is 11.6 Å². The maximum absolute atomic E-state index is 12.7. The van der Waals surface area contributed by atoms with Crippen LogP contribution in [-0.2, 0) is 9.59 Å². The molecule has 0 aromatic heterocycles. The van der Waals surface area contributed by atoms with Crippen LogP contribution in [-0.4, -0.2) is 11.9 Å². The number of hydrogen-bond donors (Lipinski definition) is 0. The van der Waals surface area contributed by atoms with Crippen molar-refractivity contribution in [2.24, 2.45) is 0 Å². The van der Waals surface area contributed by atoms with E-state index in [9.17, 15) is 18.4 Å².